The number of hydrogen-bond donors (Lipinski definition) is 1. The summed E-state index contributed by atoms with van der Waals surface area (Å²) in [5.74, 6) is 0.156. The van der Waals surface area contributed by atoms with Crippen molar-refractivity contribution in [1.82, 2.24) is 19.9 Å². The van der Waals surface area contributed by atoms with E-state index in [4.69, 9.17) is 4.74 Å². The highest BCUT2D eigenvalue weighted by Gasteiger charge is 2.32. The number of nitrogens with zero attached hydrogens (tertiary/aromatic N) is 3. The number of benzene rings is 2. The topological polar surface area (TPSA) is 68.5 Å². The normalized spacial score (nSPS) is 11.4. The maximum absolute atomic E-state index is 13.4. The van der Waals surface area contributed by atoms with Gasteiger partial charge in [-0.1, -0.05) is 60.7 Å². The first-order valence-electron chi connectivity index (χ1n) is 9.37. The second-order valence-electron chi connectivity index (χ2n) is 7.00. The number of amides is 1. The predicted molar refractivity (Wildman–Crippen MR) is 111 cm³/mol. The highest BCUT2D eigenvalue weighted by atomic mass is 16.5. The lowest BCUT2D eigenvalue weighted by molar-refractivity contribution is 0.0911. The summed E-state index contributed by atoms with van der Waals surface area (Å²) in [5.41, 5.74) is 2.82. The summed E-state index contributed by atoms with van der Waals surface area (Å²) < 4.78 is 6.74. The molecule has 1 amide bonds. The first-order valence-corrected chi connectivity index (χ1v) is 9.37. The molecule has 29 heavy (non-hydrogen) atoms. The summed E-state index contributed by atoms with van der Waals surface area (Å²) in [7, 11) is 1.54. The van der Waals surface area contributed by atoms with Gasteiger partial charge in [0.1, 0.15) is 0 Å². The van der Waals surface area contributed by atoms with Crippen LogP contribution in [0.25, 0.3) is 5.65 Å². The summed E-state index contributed by atoms with van der Waals surface area (Å²) in [4.78, 5) is 17.9. The maximum Gasteiger partial charge on any atom is 0.272 e. The lowest BCUT2D eigenvalue weighted by Crippen LogP contribution is -2.45. The number of carbonyl (C=O) groups excluding carboxylic acids is 1. The van der Waals surface area contributed by atoms with Gasteiger partial charge in [-0.2, -0.15) is 0 Å². The second kappa shape index (κ2) is 7.39. The number of nitrogens with one attached hydrogen (secondary N) is 1. The zero-order valence-corrected chi connectivity index (χ0v) is 16.6. The Bertz CT molecular complexity index is 1110. The van der Waals surface area contributed by atoms with Gasteiger partial charge in [-0.15, -0.1) is 5.10 Å². The molecule has 0 radical (unpaired) electrons. The van der Waals surface area contributed by atoms with Crippen LogP contribution < -0.4 is 10.1 Å². The molecule has 0 aliphatic rings. The lowest BCUT2D eigenvalue weighted by Gasteiger charge is -2.32. The van der Waals surface area contributed by atoms with Crippen LogP contribution in [0.15, 0.2) is 72.8 Å². The number of fused-ring (bicyclic) bond motifs is 1. The molecule has 0 spiro atoms. The molecule has 0 fully saturated rings. The van der Waals surface area contributed by atoms with Gasteiger partial charge in [0.15, 0.2) is 11.3 Å². The molecule has 2 heterocycles. The van der Waals surface area contributed by atoms with E-state index in [9.17, 15) is 4.79 Å². The molecule has 0 bridgehead atoms. The minimum absolute atomic E-state index is 0.258. The molecule has 146 valence electrons. The Labute approximate surface area is 169 Å². The fourth-order valence-corrected chi connectivity index (χ4v) is 3.54. The average Bonchev–Trinajstić information content (AvgIpc) is 3.09. The minimum Gasteiger partial charge on any atom is -0.480 e. The van der Waals surface area contributed by atoms with Gasteiger partial charge in [-0.05, 0) is 31.0 Å². The van der Waals surface area contributed by atoms with Gasteiger partial charge >= 0.3 is 0 Å². The summed E-state index contributed by atoms with van der Waals surface area (Å²) in [6.45, 7) is 3.81. The van der Waals surface area contributed by atoms with Gasteiger partial charge in [0.25, 0.3) is 5.91 Å². The molecule has 4 rings (SSSR count). The lowest BCUT2D eigenvalue weighted by atomic mass is 9.84. The molecule has 0 saturated carbocycles. The quantitative estimate of drug-likeness (QED) is 0.567. The van der Waals surface area contributed by atoms with E-state index in [1.165, 1.54) is 4.52 Å². The SMILES string of the molecule is COc1ccc2nc(C)c(C(=O)NC(C)(c3ccccc3)c3ccccc3)n2n1. The van der Waals surface area contributed by atoms with Gasteiger partial charge in [0.05, 0.1) is 18.3 Å². The Hall–Kier alpha value is -3.67. The largest absolute Gasteiger partial charge is 0.480 e. The summed E-state index contributed by atoms with van der Waals surface area (Å²) in [6, 6.07) is 23.3. The van der Waals surface area contributed by atoms with E-state index in [2.05, 4.69) is 15.4 Å². The Morgan fingerprint density at radius 1 is 0.966 bits per heavy atom. The van der Waals surface area contributed by atoms with Crippen LogP contribution in [-0.2, 0) is 5.54 Å². The first kappa shape index (κ1) is 18.7. The van der Waals surface area contributed by atoms with Crippen LogP contribution in [0.5, 0.6) is 5.88 Å². The number of methoxy groups -OCH3 is 1. The number of imidazole rings is 1. The molecular formula is C23H22N4O2. The molecule has 0 atom stereocenters. The summed E-state index contributed by atoms with van der Waals surface area (Å²) in [6.07, 6.45) is 0. The van der Waals surface area contributed by atoms with Crippen molar-refractivity contribution >= 4 is 11.6 Å². The van der Waals surface area contributed by atoms with Crippen molar-refractivity contribution in [1.29, 1.82) is 0 Å². The van der Waals surface area contributed by atoms with Gasteiger partial charge in [0, 0.05) is 6.07 Å². The third-order valence-corrected chi connectivity index (χ3v) is 5.12. The highest BCUT2D eigenvalue weighted by Crippen LogP contribution is 2.30. The summed E-state index contributed by atoms with van der Waals surface area (Å²) >= 11 is 0. The van der Waals surface area contributed by atoms with E-state index < -0.39 is 5.54 Å². The van der Waals surface area contributed by atoms with Gasteiger partial charge in [0.2, 0.25) is 5.88 Å². The zero-order chi connectivity index (χ0) is 20.4. The van der Waals surface area contributed by atoms with Crippen LogP contribution in [0, 0.1) is 6.92 Å². The van der Waals surface area contributed by atoms with E-state index in [0.29, 0.717) is 22.9 Å². The molecule has 2 aromatic carbocycles. The maximum atomic E-state index is 13.4. The van der Waals surface area contributed by atoms with Crippen molar-refractivity contribution in [3.05, 3.63) is 95.3 Å². The first-order chi connectivity index (χ1) is 14.0. The highest BCUT2D eigenvalue weighted by molar-refractivity contribution is 5.95. The number of ether oxygens (including phenoxy) is 1. The minimum atomic E-state index is -0.727. The van der Waals surface area contributed by atoms with Crippen molar-refractivity contribution < 1.29 is 9.53 Å². The molecule has 4 aromatic rings. The molecule has 6 nitrogen and oxygen atoms in total. The number of aryl methyl sites for hydroxylation is 1. The van der Waals surface area contributed by atoms with Crippen LogP contribution in [-0.4, -0.2) is 27.6 Å². The van der Waals surface area contributed by atoms with Crippen molar-refractivity contribution in [2.45, 2.75) is 19.4 Å². The molecule has 0 aliphatic heterocycles. The van der Waals surface area contributed by atoms with Gasteiger partial charge in [-0.25, -0.2) is 9.50 Å². The van der Waals surface area contributed by atoms with Crippen LogP contribution in [0.3, 0.4) is 0 Å². The summed E-state index contributed by atoms with van der Waals surface area (Å²) in [5, 5.41) is 7.60. The zero-order valence-electron chi connectivity index (χ0n) is 16.6. The molecule has 0 unspecified atom stereocenters. The Balaban J connectivity index is 1.81. The van der Waals surface area contributed by atoms with Crippen LogP contribution in [0.2, 0.25) is 0 Å². The van der Waals surface area contributed by atoms with Crippen molar-refractivity contribution in [3.63, 3.8) is 0 Å². The third-order valence-electron chi connectivity index (χ3n) is 5.12. The molecule has 0 saturated heterocycles. The monoisotopic (exact) mass is 386 g/mol. The van der Waals surface area contributed by atoms with Gasteiger partial charge in [-0.3, -0.25) is 4.79 Å². The molecule has 2 aromatic heterocycles. The average molecular weight is 386 g/mol. The van der Waals surface area contributed by atoms with Crippen LogP contribution in [0.1, 0.15) is 34.2 Å². The standard InChI is InChI=1S/C23H22N4O2/c1-16-21(27-19(24-16)14-15-20(26-27)29-3)22(28)25-23(2,17-10-6-4-7-11-17)18-12-8-5-9-13-18/h4-15H,1-3H3,(H,25,28). The van der Waals surface area contributed by atoms with Crippen LogP contribution >= 0.6 is 0 Å². The van der Waals surface area contributed by atoms with Gasteiger partial charge < -0.3 is 10.1 Å². The molecule has 1 N–H and O–H groups in total. The Kier molecular flexibility index (Phi) is 4.76. The van der Waals surface area contributed by atoms with E-state index in [0.717, 1.165) is 11.1 Å². The smallest absolute Gasteiger partial charge is 0.272 e. The van der Waals surface area contributed by atoms with E-state index in [-0.39, 0.29) is 5.91 Å². The van der Waals surface area contributed by atoms with E-state index in [1.807, 2.05) is 67.6 Å². The number of hydrogen-bond acceptors (Lipinski definition) is 4. The molecule has 6 heteroatoms. The van der Waals surface area contributed by atoms with Crippen molar-refractivity contribution in [2.75, 3.05) is 7.11 Å². The van der Waals surface area contributed by atoms with Crippen molar-refractivity contribution in [2.24, 2.45) is 0 Å². The number of rotatable bonds is 5. The molecular weight excluding hydrogens is 364 g/mol. The second-order valence-corrected chi connectivity index (χ2v) is 7.00. The Morgan fingerprint density at radius 3 is 2.10 bits per heavy atom. The number of aromatic nitrogens is 3. The van der Waals surface area contributed by atoms with E-state index >= 15 is 0 Å². The van der Waals surface area contributed by atoms with Crippen LogP contribution in [0.4, 0.5) is 0 Å². The fourth-order valence-electron chi connectivity index (χ4n) is 3.54. The fraction of sp³-hybridized carbons (Fsp3) is 0.174. The Morgan fingerprint density at radius 2 is 1.55 bits per heavy atom. The molecule has 0 aliphatic carbocycles. The van der Waals surface area contributed by atoms with Crippen molar-refractivity contribution in [3.8, 4) is 5.88 Å². The third kappa shape index (κ3) is 3.33. The predicted octanol–water partition coefficient (Wildman–Crippen LogP) is 3.74. The number of carbonyl (C=O) groups is 1. The van der Waals surface area contributed by atoms with E-state index in [1.54, 1.807) is 26.2 Å².